The molecule has 1 heterocycles. The van der Waals surface area contributed by atoms with Crippen molar-refractivity contribution in [1.82, 2.24) is 0 Å². The SMILES string of the molecule is Cc1cc(-c2ccc(-c3ccccc3)cc2)c(C)s1. The molecule has 1 aromatic heterocycles. The normalized spacial score (nSPS) is 10.6. The molecule has 0 saturated heterocycles. The summed E-state index contributed by atoms with van der Waals surface area (Å²) in [5.74, 6) is 0. The first-order valence-electron chi connectivity index (χ1n) is 6.47. The van der Waals surface area contributed by atoms with Gasteiger partial charge in [0.25, 0.3) is 0 Å². The molecule has 0 saturated carbocycles. The van der Waals surface area contributed by atoms with Gasteiger partial charge in [0.15, 0.2) is 0 Å². The molecule has 3 aromatic rings. The Morgan fingerprint density at radius 2 is 1.26 bits per heavy atom. The molecule has 0 fully saturated rings. The molecule has 0 spiro atoms. The Labute approximate surface area is 118 Å². The van der Waals surface area contributed by atoms with E-state index in [4.69, 9.17) is 0 Å². The summed E-state index contributed by atoms with van der Waals surface area (Å²) < 4.78 is 0. The first-order chi connectivity index (χ1) is 9.24. The van der Waals surface area contributed by atoms with Gasteiger partial charge in [-0.1, -0.05) is 54.6 Å². The fourth-order valence-electron chi connectivity index (χ4n) is 2.39. The Kier molecular flexibility index (Phi) is 3.22. The van der Waals surface area contributed by atoms with E-state index in [0.29, 0.717) is 0 Å². The van der Waals surface area contributed by atoms with Gasteiger partial charge in [-0.2, -0.15) is 0 Å². The van der Waals surface area contributed by atoms with Crippen molar-refractivity contribution in [2.24, 2.45) is 0 Å². The zero-order valence-electron chi connectivity index (χ0n) is 11.2. The highest BCUT2D eigenvalue weighted by atomic mass is 32.1. The summed E-state index contributed by atoms with van der Waals surface area (Å²) in [6, 6.07) is 21.6. The molecule has 0 nitrogen and oxygen atoms in total. The van der Waals surface area contributed by atoms with Crippen molar-refractivity contribution in [3.8, 4) is 22.3 Å². The maximum atomic E-state index is 2.28. The lowest BCUT2D eigenvalue weighted by atomic mass is 10.0. The van der Waals surface area contributed by atoms with Crippen LogP contribution < -0.4 is 0 Å². The topological polar surface area (TPSA) is 0 Å². The van der Waals surface area contributed by atoms with Gasteiger partial charge < -0.3 is 0 Å². The largest absolute Gasteiger partial charge is 0.145 e. The first kappa shape index (κ1) is 12.2. The molecule has 0 amide bonds. The van der Waals surface area contributed by atoms with Gasteiger partial charge in [-0.15, -0.1) is 11.3 Å². The van der Waals surface area contributed by atoms with E-state index in [1.807, 2.05) is 11.3 Å². The summed E-state index contributed by atoms with van der Waals surface area (Å²) >= 11 is 1.86. The van der Waals surface area contributed by atoms with Gasteiger partial charge in [0.2, 0.25) is 0 Å². The summed E-state index contributed by atoms with van der Waals surface area (Å²) in [5, 5.41) is 0. The van der Waals surface area contributed by atoms with Crippen LogP contribution in [0, 0.1) is 13.8 Å². The Balaban J connectivity index is 1.98. The average Bonchev–Trinajstić information content (AvgIpc) is 2.79. The Bertz CT molecular complexity index is 675. The average molecular weight is 264 g/mol. The molecular formula is C18H16S. The van der Waals surface area contributed by atoms with Crippen molar-refractivity contribution < 1.29 is 0 Å². The number of thiophene rings is 1. The third-order valence-corrected chi connectivity index (χ3v) is 4.31. The van der Waals surface area contributed by atoms with Gasteiger partial charge in [-0.3, -0.25) is 0 Å². The quantitative estimate of drug-likeness (QED) is 0.557. The fourth-order valence-corrected chi connectivity index (χ4v) is 3.34. The van der Waals surface area contributed by atoms with Gasteiger partial charge in [-0.25, -0.2) is 0 Å². The van der Waals surface area contributed by atoms with Crippen LogP contribution in [-0.2, 0) is 0 Å². The summed E-state index contributed by atoms with van der Waals surface area (Å²) in [7, 11) is 0. The molecular weight excluding hydrogens is 248 g/mol. The monoisotopic (exact) mass is 264 g/mol. The van der Waals surface area contributed by atoms with Crippen LogP contribution in [-0.4, -0.2) is 0 Å². The summed E-state index contributed by atoms with van der Waals surface area (Å²) in [4.78, 5) is 2.77. The van der Waals surface area contributed by atoms with Crippen LogP contribution >= 0.6 is 11.3 Å². The highest BCUT2D eigenvalue weighted by molar-refractivity contribution is 7.12. The van der Waals surface area contributed by atoms with Crippen LogP contribution in [0.25, 0.3) is 22.3 Å². The number of hydrogen-bond acceptors (Lipinski definition) is 1. The van der Waals surface area contributed by atoms with Crippen molar-refractivity contribution in [1.29, 1.82) is 0 Å². The molecule has 0 bridgehead atoms. The number of aryl methyl sites for hydroxylation is 2. The molecule has 0 aliphatic heterocycles. The molecule has 0 unspecified atom stereocenters. The molecule has 0 radical (unpaired) electrons. The summed E-state index contributed by atoms with van der Waals surface area (Å²) in [6.07, 6.45) is 0. The number of hydrogen-bond donors (Lipinski definition) is 0. The van der Waals surface area contributed by atoms with E-state index in [2.05, 4.69) is 74.5 Å². The zero-order valence-corrected chi connectivity index (χ0v) is 12.0. The fraction of sp³-hybridized carbons (Fsp3) is 0.111. The lowest BCUT2D eigenvalue weighted by Crippen LogP contribution is -1.79. The molecule has 0 N–H and O–H groups in total. The molecule has 0 atom stereocenters. The van der Waals surface area contributed by atoms with Gasteiger partial charge in [0, 0.05) is 9.75 Å². The smallest absolute Gasteiger partial charge is 0.00954 e. The summed E-state index contributed by atoms with van der Waals surface area (Å²) in [6.45, 7) is 4.36. The van der Waals surface area contributed by atoms with Crippen LogP contribution in [0.5, 0.6) is 0 Å². The molecule has 0 aliphatic rings. The van der Waals surface area contributed by atoms with E-state index in [0.717, 1.165) is 0 Å². The predicted molar refractivity (Wildman–Crippen MR) is 84.7 cm³/mol. The van der Waals surface area contributed by atoms with Gasteiger partial charge >= 0.3 is 0 Å². The minimum Gasteiger partial charge on any atom is -0.145 e. The second kappa shape index (κ2) is 5.02. The first-order valence-corrected chi connectivity index (χ1v) is 7.28. The van der Waals surface area contributed by atoms with Crippen molar-refractivity contribution in [2.45, 2.75) is 13.8 Å². The van der Waals surface area contributed by atoms with Gasteiger partial charge in [-0.05, 0) is 42.2 Å². The minimum absolute atomic E-state index is 1.27. The zero-order chi connectivity index (χ0) is 13.2. The lowest BCUT2D eigenvalue weighted by Gasteiger charge is -2.04. The maximum Gasteiger partial charge on any atom is 0.00954 e. The Morgan fingerprint density at radius 1 is 0.684 bits per heavy atom. The molecule has 3 rings (SSSR count). The van der Waals surface area contributed by atoms with E-state index in [-0.39, 0.29) is 0 Å². The van der Waals surface area contributed by atoms with E-state index < -0.39 is 0 Å². The van der Waals surface area contributed by atoms with Crippen LogP contribution in [0.4, 0.5) is 0 Å². The molecule has 1 heteroatoms. The lowest BCUT2D eigenvalue weighted by molar-refractivity contribution is 1.56. The molecule has 0 aliphatic carbocycles. The van der Waals surface area contributed by atoms with Crippen LogP contribution in [0.1, 0.15) is 9.75 Å². The summed E-state index contributed by atoms with van der Waals surface area (Å²) in [5.41, 5.74) is 5.21. The van der Waals surface area contributed by atoms with E-state index in [1.165, 1.54) is 32.0 Å². The van der Waals surface area contributed by atoms with E-state index >= 15 is 0 Å². The van der Waals surface area contributed by atoms with E-state index in [1.54, 1.807) is 0 Å². The van der Waals surface area contributed by atoms with Crippen molar-refractivity contribution >= 4 is 11.3 Å². The van der Waals surface area contributed by atoms with E-state index in [9.17, 15) is 0 Å². The Hall–Kier alpha value is -1.86. The third-order valence-electron chi connectivity index (χ3n) is 3.34. The second-order valence-corrected chi connectivity index (χ2v) is 6.23. The van der Waals surface area contributed by atoms with Gasteiger partial charge in [0.05, 0.1) is 0 Å². The molecule has 2 aromatic carbocycles. The van der Waals surface area contributed by atoms with Crippen LogP contribution in [0.15, 0.2) is 60.7 Å². The van der Waals surface area contributed by atoms with Crippen molar-refractivity contribution in [3.05, 3.63) is 70.4 Å². The van der Waals surface area contributed by atoms with Gasteiger partial charge in [0.1, 0.15) is 0 Å². The Morgan fingerprint density at radius 3 is 1.84 bits per heavy atom. The molecule has 19 heavy (non-hydrogen) atoms. The number of rotatable bonds is 2. The highest BCUT2D eigenvalue weighted by Gasteiger charge is 2.05. The van der Waals surface area contributed by atoms with Crippen molar-refractivity contribution in [2.75, 3.05) is 0 Å². The third kappa shape index (κ3) is 2.47. The highest BCUT2D eigenvalue weighted by Crippen LogP contribution is 2.31. The maximum absolute atomic E-state index is 2.28. The second-order valence-electron chi connectivity index (χ2n) is 4.77. The number of benzene rings is 2. The van der Waals surface area contributed by atoms with Crippen molar-refractivity contribution in [3.63, 3.8) is 0 Å². The molecule has 94 valence electrons. The standard InChI is InChI=1S/C18H16S/c1-13-12-18(14(2)19-13)17-10-8-16(9-11-17)15-6-4-3-5-7-15/h3-12H,1-2H3. The predicted octanol–water partition coefficient (Wildman–Crippen LogP) is 5.70. The van der Waals surface area contributed by atoms with Crippen LogP contribution in [0.3, 0.4) is 0 Å². The minimum atomic E-state index is 1.27. The van der Waals surface area contributed by atoms with Crippen LogP contribution in [0.2, 0.25) is 0 Å².